The fraction of sp³-hybridized carbons (Fsp3) is 0.353. The summed E-state index contributed by atoms with van der Waals surface area (Å²) in [6, 6.07) is 6.80. The van der Waals surface area contributed by atoms with Gasteiger partial charge in [0.05, 0.1) is 18.0 Å². The van der Waals surface area contributed by atoms with Gasteiger partial charge in [-0.15, -0.1) is 0 Å². The largest absolute Gasteiger partial charge is 0.470 e. The average molecular weight is 390 g/mol. The summed E-state index contributed by atoms with van der Waals surface area (Å²) in [5, 5.41) is 8.87. The number of carboxylic acid groups (broad SMARTS) is 1. The first-order chi connectivity index (χ1) is 12.8. The van der Waals surface area contributed by atoms with Crippen LogP contribution >= 0.6 is 0 Å². The van der Waals surface area contributed by atoms with Gasteiger partial charge in [-0.25, -0.2) is 23.2 Å². The highest BCUT2D eigenvalue weighted by Crippen LogP contribution is 2.35. The van der Waals surface area contributed by atoms with Gasteiger partial charge in [-0.05, 0) is 30.2 Å². The summed E-state index contributed by atoms with van der Waals surface area (Å²) in [4.78, 5) is 22.8. The van der Waals surface area contributed by atoms with E-state index in [0.29, 0.717) is 36.2 Å². The molecule has 1 N–H and O–H groups in total. The highest BCUT2D eigenvalue weighted by Gasteiger charge is 2.32. The summed E-state index contributed by atoms with van der Waals surface area (Å²) >= 11 is 0. The molecular weight excluding hydrogens is 372 g/mol. The molecule has 1 amide bonds. The molecule has 2 aliphatic heterocycles. The van der Waals surface area contributed by atoms with Crippen molar-refractivity contribution in [2.45, 2.75) is 17.4 Å². The van der Waals surface area contributed by atoms with Crippen molar-refractivity contribution in [1.82, 2.24) is 14.9 Å². The van der Waals surface area contributed by atoms with Gasteiger partial charge in [-0.2, -0.15) is 0 Å². The van der Waals surface area contributed by atoms with Crippen LogP contribution in [0.5, 0.6) is 5.88 Å². The lowest BCUT2D eigenvalue weighted by molar-refractivity contribution is 0.0227. The number of aromatic nitrogens is 2. The number of sulfone groups is 1. The molecule has 1 aromatic carbocycles. The van der Waals surface area contributed by atoms with Gasteiger partial charge < -0.3 is 19.6 Å². The molecule has 3 heterocycles. The van der Waals surface area contributed by atoms with E-state index >= 15 is 0 Å². The Kier molecular flexibility index (Phi) is 4.14. The zero-order valence-electron chi connectivity index (χ0n) is 14.6. The molecule has 0 aliphatic carbocycles. The van der Waals surface area contributed by atoms with Crippen molar-refractivity contribution in [3.05, 3.63) is 36.2 Å². The number of rotatable bonds is 4. The summed E-state index contributed by atoms with van der Waals surface area (Å²) in [7, 11) is -3.24. The van der Waals surface area contributed by atoms with Crippen LogP contribution < -0.4 is 9.64 Å². The Hall–Kier alpha value is -2.88. The van der Waals surface area contributed by atoms with Crippen LogP contribution in [0.4, 0.5) is 16.3 Å². The number of nitrogens with zero attached hydrogens (tertiary/aromatic N) is 4. The summed E-state index contributed by atoms with van der Waals surface area (Å²) in [5.74, 6) is 1.04. The fourth-order valence-corrected chi connectivity index (χ4v) is 3.90. The molecule has 0 unspecified atom stereocenters. The van der Waals surface area contributed by atoms with Crippen molar-refractivity contribution in [2.75, 3.05) is 30.8 Å². The van der Waals surface area contributed by atoms with Crippen LogP contribution in [0.3, 0.4) is 0 Å². The maximum Gasteiger partial charge on any atom is 0.407 e. The van der Waals surface area contributed by atoms with Crippen molar-refractivity contribution >= 4 is 27.4 Å². The molecule has 9 nitrogen and oxygen atoms in total. The number of likely N-dealkylation sites (tertiary alicyclic amines) is 1. The Labute approximate surface area is 156 Å². The standard InChI is InChI=1S/C17H18N4O5S/c1-27(24,25)13-2-3-14-11(6-13)4-5-21(14)15-7-16(19-10-18-15)26-12-8-20(9-12)17(22)23/h2-3,6-7,10,12H,4-5,8-9H2,1H3,(H,22,23). The summed E-state index contributed by atoms with van der Waals surface area (Å²) in [6.07, 6.45) is 2.14. The number of hydrogen-bond acceptors (Lipinski definition) is 7. The highest BCUT2D eigenvalue weighted by atomic mass is 32.2. The van der Waals surface area contributed by atoms with E-state index in [1.807, 2.05) is 4.90 Å². The van der Waals surface area contributed by atoms with Crippen molar-refractivity contribution in [1.29, 1.82) is 0 Å². The third-order valence-electron chi connectivity index (χ3n) is 4.68. The van der Waals surface area contributed by atoms with Gasteiger partial charge in [-0.1, -0.05) is 0 Å². The minimum Gasteiger partial charge on any atom is -0.470 e. The lowest BCUT2D eigenvalue weighted by atomic mass is 10.2. The number of anilines is 2. The molecule has 0 atom stereocenters. The number of fused-ring (bicyclic) bond motifs is 1. The van der Waals surface area contributed by atoms with Crippen LogP contribution in [0.2, 0.25) is 0 Å². The number of ether oxygens (including phenoxy) is 1. The van der Waals surface area contributed by atoms with Crippen LogP contribution in [0.1, 0.15) is 5.56 Å². The SMILES string of the molecule is CS(=O)(=O)c1ccc2c(c1)CCN2c1cc(OC2CN(C(=O)O)C2)ncn1. The van der Waals surface area contributed by atoms with Crippen molar-refractivity contribution in [2.24, 2.45) is 0 Å². The van der Waals surface area contributed by atoms with E-state index in [9.17, 15) is 13.2 Å². The molecule has 2 aliphatic rings. The first-order valence-corrected chi connectivity index (χ1v) is 10.3. The van der Waals surface area contributed by atoms with Crippen molar-refractivity contribution in [3.8, 4) is 5.88 Å². The monoisotopic (exact) mass is 390 g/mol. The van der Waals surface area contributed by atoms with E-state index in [-0.39, 0.29) is 6.10 Å². The van der Waals surface area contributed by atoms with Gasteiger partial charge in [0.25, 0.3) is 0 Å². The quantitative estimate of drug-likeness (QED) is 0.832. The molecule has 0 bridgehead atoms. The van der Waals surface area contributed by atoms with Crippen LogP contribution in [-0.4, -0.2) is 66.5 Å². The summed E-state index contributed by atoms with van der Waals surface area (Å²) in [6.45, 7) is 1.31. The predicted molar refractivity (Wildman–Crippen MR) is 96.3 cm³/mol. The lowest BCUT2D eigenvalue weighted by Crippen LogP contribution is -2.55. The summed E-state index contributed by atoms with van der Waals surface area (Å²) < 4.78 is 29.2. The molecule has 142 valence electrons. The smallest absolute Gasteiger partial charge is 0.407 e. The van der Waals surface area contributed by atoms with Crippen LogP contribution in [0.25, 0.3) is 0 Å². The molecule has 10 heteroatoms. The molecule has 27 heavy (non-hydrogen) atoms. The number of hydrogen-bond donors (Lipinski definition) is 1. The molecule has 0 radical (unpaired) electrons. The van der Waals surface area contributed by atoms with Gasteiger partial charge in [0, 0.05) is 24.6 Å². The molecule has 1 fully saturated rings. The molecule has 1 saturated heterocycles. The Morgan fingerprint density at radius 1 is 1.26 bits per heavy atom. The van der Waals surface area contributed by atoms with Gasteiger partial charge in [0.2, 0.25) is 5.88 Å². The van der Waals surface area contributed by atoms with Crippen molar-refractivity contribution in [3.63, 3.8) is 0 Å². The van der Waals surface area contributed by atoms with E-state index in [1.54, 1.807) is 24.3 Å². The van der Waals surface area contributed by atoms with Crippen molar-refractivity contribution < 1.29 is 23.1 Å². The number of amides is 1. The molecule has 1 aromatic heterocycles. The van der Waals surface area contributed by atoms with E-state index in [1.165, 1.54) is 17.5 Å². The van der Waals surface area contributed by atoms with Gasteiger partial charge in [-0.3, -0.25) is 0 Å². The summed E-state index contributed by atoms with van der Waals surface area (Å²) in [5.41, 5.74) is 1.86. The second-order valence-corrected chi connectivity index (χ2v) is 8.62. The lowest BCUT2D eigenvalue weighted by Gasteiger charge is -2.36. The third kappa shape index (κ3) is 3.39. The number of carbonyl (C=O) groups is 1. The minimum absolute atomic E-state index is 0.216. The topological polar surface area (TPSA) is 113 Å². The van der Waals surface area contributed by atoms with Gasteiger partial charge in [0.1, 0.15) is 18.2 Å². The number of benzene rings is 1. The Morgan fingerprint density at radius 3 is 2.74 bits per heavy atom. The van der Waals surface area contributed by atoms with E-state index in [0.717, 1.165) is 17.7 Å². The maximum absolute atomic E-state index is 11.7. The second-order valence-electron chi connectivity index (χ2n) is 6.61. The first-order valence-electron chi connectivity index (χ1n) is 8.38. The zero-order valence-corrected chi connectivity index (χ0v) is 15.4. The molecule has 4 rings (SSSR count). The normalized spacial score (nSPS) is 16.8. The minimum atomic E-state index is -3.24. The maximum atomic E-state index is 11.7. The van der Waals surface area contributed by atoms with E-state index in [4.69, 9.17) is 9.84 Å². The zero-order chi connectivity index (χ0) is 19.2. The second kappa shape index (κ2) is 6.38. The fourth-order valence-electron chi connectivity index (χ4n) is 3.23. The van der Waals surface area contributed by atoms with Gasteiger partial charge in [0.15, 0.2) is 9.84 Å². The average Bonchev–Trinajstić information content (AvgIpc) is 3.00. The molecule has 0 spiro atoms. The highest BCUT2D eigenvalue weighted by molar-refractivity contribution is 7.90. The Balaban J connectivity index is 1.52. The van der Waals surface area contributed by atoms with Crippen LogP contribution in [-0.2, 0) is 16.3 Å². The predicted octanol–water partition coefficient (Wildman–Crippen LogP) is 1.32. The van der Waals surface area contributed by atoms with E-state index < -0.39 is 15.9 Å². The molecule has 2 aromatic rings. The Bertz CT molecular complexity index is 1000. The van der Waals surface area contributed by atoms with Crippen LogP contribution in [0.15, 0.2) is 35.5 Å². The molecular formula is C17H18N4O5S. The first kappa shape index (κ1) is 17.5. The van der Waals surface area contributed by atoms with E-state index in [2.05, 4.69) is 9.97 Å². The third-order valence-corrected chi connectivity index (χ3v) is 5.79. The Morgan fingerprint density at radius 2 is 2.04 bits per heavy atom. The molecule has 0 saturated carbocycles. The van der Waals surface area contributed by atoms with Crippen LogP contribution in [0, 0.1) is 0 Å². The van der Waals surface area contributed by atoms with Gasteiger partial charge >= 0.3 is 6.09 Å².